The maximum Gasteiger partial charge on any atom is 0.291 e. The minimum absolute atomic E-state index is 0.00197. The molecule has 3 atom stereocenters. The standard InChI is InChI=1S/C27H32N2O4S/c1-16-12-17(2)15-29(14-16)25(20-7-8-21-23(13-20)33-11-10-32-21)24-18(3)19(4)34-27(24)28-26(30)22-6-5-9-31-22/h5-9,13,16-17,25H,10-12,14-15H2,1-4H3,(H,28,30)/t16-,17-,25+/m1/s1. The zero-order chi connectivity index (χ0) is 23.8. The van der Waals surface area contributed by atoms with Crippen molar-refractivity contribution in [1.82, 2.24) is 4.90 Å². The van der Waals surface area contributed by atoms with Gasteiger partial charge < -0.3 is 19.2 Å². The van der Waals surface area contributed by atoms with E-state index in [1.165, 1.54) is 23.1 Å². The zero-order valence-electron chi connectivity index (χ0n) is 20.2. The third kappa shape index (κ3) is 4.46. The Balaban J connectivity index is 1.60. The lowest BCUT2D eigenvalue weighted by atomic mass is 9.87. The fraction of sp³-hybridized carbons (Fsp3) is 0.444. The van der Waals surface area contributed by atoms with Crippen LogP contribution in [0.2, 0.25) is 0 Å². The zero-order valence-corrected chi connectivity index (χ0v) is 21.0. The third-order valence-electron chi connectivity index (χ3n) is 6.82. The highest BCUT2D eigenvalue weighted by Crippen LogP contribution is 2.45. The Morgan fingerprint density at radius 2 is 1.82 bits per heavy atom. The van der Waals surface area contributed by atoms with E-state index >= 15 is 0 Å². The summed E-state index contributed by atoms with van der Waals surface area (Å²) in [6.07, 6.45) is 2.75. The van der Waals surface area contributed by atoms with Crippen LogP contribution in [0.1, 0.15) is 58.4 Å². The molecule has 0 saturated carbocycles. The van der Waals surface area contributed by atoms with Crippen molar-refractivity contribution in [3.63, 3.8) is 0 Å². The molecule has 0 unspecified atom stereocenters. The Hall–Kier alpha value is -2.77. The highest BCUT2D eigenvalue weighted by molar-refractivity contribution is 7.16. The van der Waals surface area contributed by atoms with Crippen LogP contribution in [-0.2, 0) is 0 Å². The van der Waals surface area contributed by atoms with Crippen LogP contribution >= 0.6 is 11.3 Å². The molecular formula is C27H32N2O4S. The SMILES string of the molecule is Cc1sc(NC(=O)c2ccco2)c([C@H](c2ccc3c(c2)OCCO3)N2C[C@H](C)C[C@@H](C)C2)c1C. The number of piperidine rings is 1. The highest BCUT2D eigenvalue weighted by atomic mass is 32.1. The minimum atomic E-state index is -0.228. The van der Waals surface area contributed by atoms with Crippen molar-refractivity contribution >= 4 is 22.2 Å². The molecular weight excluding hydrogens is 448 g/mol. The van der Waals surface area contributed by atoms with E-state index in [1.54, 1.807) is 23.5 Å². The molecule has 0 spiro atoms. The summed E-state index contributed by atoms with van der Waals surface area (Å²) in [5, 5.41) is 4.03. The molecule has 0 aliphatic carbocycles. The van der Waals surface area contributed by atoms with Gasteiger partial charge in [-0.3, -0.25) is 9.69 Å². The summed E-state index contributed by atoms with van der Waals surface area (Å²) in [6.45, 7) is 12.1. The Morgan fingerprint density at radius 3 is 2.53 bits per heavy atom. The summed E-state index contributed by atoms with van der Waals surface area (Å²) >= 11 is 1.63. The Morgan fingerprint density at radius 1 is 1.09 bits per heavy atom. The first-order valence-corrected chi connectivity index (χ1v) is 12.8. The average Bonchev–Trinajstić information content (AvgIpc) is 3.44. The van der Waals surface area contributed by atoms with Crippen molar-refractivity contribution in [2.24, 2.45) is 11.8 Å². The van der Waals surface area contributed by atoms with E-state index in [2.05, 4.69) is 50.0 Å². The molecule has 2 aromatic heterocycles. The summed E-state index contributed by atoms with van der Waals surface area (Å²) in [6, 6.07) is 9.70. The van der Waals surface area contributed by atoms with Crippen molar-refractivity contribution in [3.05, 3.63) is 63.9 Å². The van der Waals surface area contributed by atoms with Gasteiger partial charge in [0, 0.05) is 23.5 Å². The van der Waals surface area contributed by atoms with Gasteiger partial charge in [0.1, 0.15) is 18.2 Å². The number of benzene rings is 1. The van der Waals surface area contributed by atoms with Gasteiger partial charge in [-0.2, -0.15) is 0 Å². The third-order valence-corrected chi connectivity index (χ3v) is 7.96. The lowest BCUT2D eigenvalue weighted by molar-refractivity contribution is 0.0995. The first-order valence-electron chi connectivity index (χ1n) is 12.0. The molecule has 180 valence electrons. The molecule has 2 aliphatic rings. The van der Waals surface area contributed by atoms with E-state index < -0.39 is 0 Å². The first kappa shape index (κ1) is 23.0. The van der Waals surface area contributed by atoms with E-state index in [0.717, 1.165) is 40.7 Å². The average molecular weight is 481 g/mol. The van der Waals surface area contributed by atoms with Gasteiger partial charge >= 0.3 is 0 Å². The number of nitrogens with zero attached hydrogens (tertiary/aromatic N) is 1. The molecule has 1 saturated heterocycles. The summed E-state index contributed by atoms with van der Waals surface area (Å²) in [7, 11) is 0. The summed E-state index contributed by atoms with van der Waals surface area (Å²) in [5.74, 6) is 2.87. The van der Waals surface area contributed by atoms with Gasteiger partial charge in [0.25, 0.3) is 5.91 Å². The number of anilines is 1. The van der Waals surface area contributed by atoms with Gasteiger partial charge in [-0.15, -0.1) is 11.3 Å². The molecule has 4 heterocycles. The van der Waals surface area contributed by atoms with Crippen LogP contribution < -0.4 is 14.8 Å². The number of nitrogens with one attached hydrogen (secondary N) is 1. The molecule has 2 aliphatic heterocycles. The second-order valence-corrected chi connectivity index (χ2v) is 10.9. The van der Waals surface area contributed by atoms with Crippen LogP contribution in [0.4, 0.5) is 5.00 Å². The quantitative estimate of drug-likeness (QED) is 0.482. The molecule has 34 heavy (non-hydrogen) atoms. The van der Waals surface area contributed by atoms with E-state index in [0.29, 0.717) is 30.8 Å². The number of furan rings is 1. The van der Waals surface area contributed by atoms with Gasteiger partial charge in [0.05, 0.1) is 12.3 Å². The van der Waals surface area contributed by atoms with Crippen LogP contribution in [0.3, 0.4) is 0 Å². The number of hydrogen-bond donors (Lipinski definition) is 1. The van der Waals surface area contributed by atoms with Crippen LogP contribution in [0.5, 0.6) is 11.5 Å². The number of aryl methyl sites for hydroxylation is 1. The number of thiophene rings is 1. The molecule has 6 nitrogen and oxygen atoms in total. The van der Waals surface area contributed by atoms with Gasteiger partial charge in [0.15, 0.2) is 17.3 Å². The van der Waals surface area contributed by atoms with Crippen LogP contribution in [0, 0.1) is 25.7 Å². The maximum absolute atomic E-state index is 12.9. The highest BCUT2D eigenvalue weighted by Gasteiger charge is 2.34. The molecule has 3 aromatic rings. The predicted molar refractivity (Wildman–Crippen MR) is 134 cm³/mol. The number of ether oxygens (including phenoxy) is 2. The second-order valence-electron chi connectivity index (χ2n) is 9.66. The number of carbonyl (C=O) groups excluding carboxylic acids is 1. The van der Waals surface area contributed by atoms with Crippen molar-refractivity contribution in [2.75, 3.05) is 31.6 Å². The lowest BCUT2D eigenvalue weighted by Crippen LogP contribution is -2.41. The van der Waals surface area contributed by atoms with E-state index in [4.69, 9.17) is 13.9 Å². The van der Waals surface area contributed by atoms with E-state index in [-0.39, 0.29) is 11.9 Å². The second kappa shape index (κ2) is 9.47. The first-order chi connectivity index (χ1) is 16.4. The predicted octanol–water partition coefficient (Wildman–Crippen LogP) is 6.05. The van der Waals surface area contributed by atoms with E-state index in [1.807, 2.05) is 6.07 Å². The molecule has 0 bridgehead atoms. The fourth-order valence-electron chi connectivity index (χ4n) is 5.35. The number of likely N-dealkylation sites (tertiary alicyclic amines) is 1. The molecule has 7 heteroatoms. The van der Waals surface area contributed by atoms with Crippen LogP contribution in [-0.4, -0.2) is 37.1 Å². The molecule has 1 aromatic carbocycles. The van der Waals surface area contributed by atoms with Gasteiger partial charge in [-0.25, -0.2) is 0 Å². The Labute approximate surface area is 204 Å². The summed E-state index contributed by atoms with van der Waals surface area (Å²) in [5.41, 5.74) is 3.52. The van der Waals surface area contributed by atoms with Gasteiger partial charge in [-0.05, 0) is 67.5 Å². The molecule has 1 amide bonds. The number of fused-ring (bicyclic) bond motifs is 1. The number of hydrogen-bond acceptors (Lipinski definition) is 6. The topological polar surface area (TPSA) is 63.9 Å². The lowest BCUT2D eigenvalue weighted by Gasteiger charge is -2.41. The monoisotopic (exact) mass is 480 g/mol. The van der Waals surface area contributed by atoms with Crippen molar-refractivity contribution in [2.45, 2.75) is 40.2 Å². The Bertz CT molecular complexity index is 1160. The number of rotatable bonds is 5. The minimum Gasteiger partial charge on any atom is -0.486 e. The number of amides is 1. The molecule has 5 rings (SSSR count). The normalized spacial score (nSPS) is 21.3. The smallest absolute Gasteiger partial charge is 0.291 e. The van der Waals surface area contributed by atoms with E-state index in [9.17, 15) is 4.79 Å². The maximum atomic E-state index is 12.9. The fourth-order valence-corrected chi connectivity index (χ4v) is 6.44. The number of carbonyl (C=O) groups is 1. The van der Waals surface area contributed by atoms with Crippen molar-refractivity contribution in [3.8, 4) is 11.5 Å². The molecule has 1 N–H and O–H groups in total. The molecule has 1 fully saturated rings. The Kier molecular flexibility index (Phi) is 6.40. The summed E-state index contributed by atoms with van der Waals surface area (Å²) in [4.78, 5) is 16.7. The van der Waals surface area contributed by atoms with Gasteiger partial charge in [0.2, 0.25) is 0 Å². The van der Waals surface area contributed by atoms with Crippen molar-refractivity contribution < 1.29 is 18.7 Å². The summed E-state index contributed by atoms with van der Waals surface area (Å²) < 4.78 is 17.1. The van der Waals surface area contributed by atoms with Crippen molar-refractivity contribution in [1.29, 1.82) is 0 Å². The molecule has 0 radical (unpaired) electrons. The largest absolute Gasteiger partial charge is 0.486 e. The van der Waals surface area contributed by atoms with Gasteiger partial charge in [-0.1, -0.05) is 19.9 Å². The van der Waals surface area contributed by atoms with Crippen LogP contribution in [0.25, 0.3) is 0 Å². The van der Waals surface area contributed by atoms with Crippen LogP contribution in [0.15, 0.2) is 41.0 Å².